The minimum Gasteiger partial charge on any atom is -0.478 e. The lowest BCUT2D eigenvalue weighted by molar-refractivity contribution is 0.0871. The van der Waals surface area contributed by atoms with Gasteiger partial charge in [0, 0.05) is 25.7 Å². The highest BCUT2D eigenvalue weighted by molar-refractivity contribution is 6.32. The molecule has 0 saturated carbocycles. The smallest absolute Gasteiger partial charge is 0.229 e. The van der Waals surface area contributed by atoms with Gasteiger partial charge in [0.1, 0.15) is 10.7 Å². The number of allylic oxidation sites excluding steroid dienone is 1. The molecule has 0 radical (unpaired) electrons. The third-order valence-electron chi connectivity index (χ3n) is 4.71. The van der Waals surface area contributed by atoms with Crippen molar-refractivity contribution in [2.75, 3.05) is 30.5 Å². The van der Waals surface area contributed by atoms with Gasteiger partial charge in [-0.05, 0) is 26.2 Å². The van der Waals surface area contributed by atoms with Gasteiger partial charge in [-0.2, -0.15) is 4.98 Å². The molecule has 27 heavy (non-hydrogen) atoms. The first-order valence-corrected chi connectivity index (χ1v) is 9.75. The van der Waals surface area contributed by atoms with Crippen molar-refractivity contribution < 1.29 is 9.47 Å². The van der Waals surface area contributed by atoms with Gasteiger partial charge in [-0.15, -0.1) is 0 Å². The SMILES string of the molecule is CCC1CCOC(N)=C(C(C)=NC2CCOCC2)Nc2ncc(Cl)c(n2)N1. The van der Waals surface area contributed by atoms with Crippen molar-refractivity contribution in [1.29, 1.82) is 0 Å². The van der Waals surface area contributed by atoms with Gasteiger partial charge in [-0.1, -0.05) is 18.5 Å². The Bertz CT molecular complexity index is 718. The summed E-state index contributed by atoms with van der Waals surface area (Å²) in [7, 11) is 0. The van der Waals surface area contributed by atoms with Crippen molar-refractivity contribution in [3.05, 3.63) is 22.8 Å². The molecule has 3 heterocycles. The average molecular weight is 395 g/mol. The number of hydrogen-bond donors (Lipinski definition) is 3. The standard InChI is InChI=1S/C18H27ClN6O2/c1-3-12-6-9-27-16(20)15(11(2)22-13-4-7-26-8-5-13)24-18-21-10-14(19)17(23-12)25-18/h10,12-13H,3-9,20H2,1-2H3,(H2,21,23,24,25). The number of aliphatic imine (C=N–C) groups is 1. The topological polar surface area (TPSA) is 107 Å². The van der Waals surface area contributed by atoms with Gasteiger partial charge in [-0.25, -0.2) is 4.98 Å². The van der Waals surface area contributed by atoms with Gasteiger partial charge in [0.15, 0.2) is 5.82 Å². The number of hydrogen-bond acceptors (Lipinski definition) is 8. The molecule has 2 bridgehead atoms. The maximum Gasteiger partial charge on any atom is 0.229 e. The van der Waals surface area contributed by atoms with E-state index < -0.39 is 0 Å². The number of nitrogens with two attached hydrogens (primary N) is 1. The van der Waals surface area contributed by atoms with E-state index in [9.17, 15) is 0 Å². The van der Waals surface area contributed by atoms with Crippen LogP contribution in [0.2, 0.25) is 5.02 Å². The number of rotatable bonds is 3. The molecule has 1 fully saturated rings. The van der Waals surface area contributed by atoms with Crippen LogP contribution in [0, 0.1) is 0 Å². The van der Waals surface area contributed by atoms with E-state index in [0.29, 0.717) is 35.0 Å². The van der Waals surface area contributed by atoms with Crippen LogP contribution in [0.25, 0.3) is 0 Å². The van der Waals surface area contributed by atoms with Crippen molar-refractivity contribution in [2.24, 2.45) is 10.7 Å². The third-order valence-corrected chi connectivity index (χ3v) is 4.99. The Kier molecular flexibility index (Phi) is 6.73. The quantitative estimate of drug-likeness (QED) is 0.676. The summed E-state index contributed by atoms with van der Waals surface area (Å²) in [6, 6.07) is 0.392. The summed E-state index contributed by atoms with van der Waals surface area (Å²) in [5, 5.41) is 6.99. The lowest BCUT2D eigenvalue weighted by atomic mass is 10.1. The monoisotopic (exact) mass is 394 g/mol. The number of nitrogens with zero attached hydrogens (tertiary/aromatic N) is 3. The van der Waals surface area contributed by atoms with Crippen molar-refractivity contribution in [3.8, 4) is 0 Å². The molecular formula is C18H27ClN6O2. The lowest BCUT2D eigenvalue weighted by Crippen LogP contribution is -2.24. The van der Waals surface area contributed by atoms with Crippen LogP contribution < -0.4 is 16.4 Å². The Morgan fingerprint density at radius 3 is 2.85 bits per heavy atom. The summed E-state index contributed by atoms with van der Waals surface area (Å²) >= 11 is 6.25. The molecule has 0 amide bonds. The first kappa shape index (κ1) is 19.7. The predicted molar refractivity (Wildman–Crippen MR) is 107 cm³/mol. The van der Waals surface area contributed by atoms with Gasteiger partial charge >= 0.3 is 0 Å². The minimum atomic E-state index is 0.177. The van der Waals surface area contributed by atoms with Crippen molar-refractivity contribution in [2.45, 2.75) is 51.6 Å². The fourth-order valence-corrected chi connectivity index (χ4v) is 3.22. The normalized spacial score (nSPS) is 22.3. The highest BCUT2D eigenvalue weighted by atomic mass is 35.5. The zero-order chi connectivity index (χ0) is 19.2. The van der Waals surface area contributed by atoms with Gasteiger partial charge in [0.05, 0.1) is 24.6 Å². The van der Waals surface area contributed by atoms with Crippen LogP contribution >= 0.6 is 11.6 Å². The molecular weight excluding hydrogens is 368 g/mol. The Morgan fingerprint density at radius 1 is 1.33 bits per heavy atom. The van der Waals surface area contributed by atoms with Crippen LogP contribution in [0.1, 0.15) is 39.5 Å². The molecule has 3 rings (SSSR count). The van der Waals surface area contributed by atoms with Crippen LogP contribution in [-0.2, 0) is 9.47 Å². The summed E-state index contributed by atoms with van der Waals surface area (Å²) in [6.07, 6.45) is 5.05. The summed E-state index contributed by atoms with van der Waals surface area (Å²) in [5.74, 6) is 1.28. The van der Waals surface area contributed by atoms with Gasteiger partial charge in [0.25, 0.3) is 0 Å². The van der Waals surface area contributed by atoms with Crippen LogP contribution in [0.15, 0.2) is 22.8 Å². The lowest BCUT2D eigenvalue weighted by Gasteiger charge is -2.20. The van der Waals surface area contributed by atoms with E-state index >= 15 is 0 Å². The number of fused-ring (bicyclic) bond motifs is 2. The molecule has 2 aliphatic heterocycles. The first-order valence-electron chi connectivity index (χ1n) is 9.38. The maximum absolute atomic E-state index is 6.25. The van der Waals surface area contributed by atoms with Crippen molar-refractivity contribution in [3.63, 3.8) is 0 Å². The summed E-state index contributed by atoms with van der Waals surface area (Å²) in [4.78, 5) is 13.6. The van der Waals surface area contributed by atoms with Crippen molar-refractivity contribution >= 4 is 29.1 Å². The zero-order valence-corrected chi connectivity index (χ0v) is 16.6. The molecule has 4 N–H and O–H groups in total. The second kappa shape index (κ2) is 9.23. The fourth-order valence-electron chi connectivity index (χ4n) is 3.08. The van der Waals surface area contributed by atoms with Crippen molar-refractivity contribution in [1.82, 2.24) is 9.97 Å². The Balaban J connectivity index is 1.91. The number of ether oxygens (including phenoxy) is 2. The van der Waals surface area contributed by atoms with Crippen LogP contribution in [0.3, 0.4) is 0 Å². The Labute approximate surface area is 164 Å². The molecule has 1 atom stereocenters. The van der Waals surface area contributed by atoms with Crippen LogP contribution in [-0.4, -0.2) is 47.6 Å². The predicted octanol–water partition coefficient (Wildman–Crippen LogP) is 2.92. The van der Waals surface area contributed by atoms with E-state index in [1.165, 1.54) is 0 Å². The van der Waals surface area contributed by atoms with Gasteiger partial charge < -0.3 is 25.8 Å². The van der Waals surface area contributed by atoms with Crippen LogP contribution in [0.4, 0.5) is 11.8 Å². The fraction of sp³-hybridized carbons (Fsp3) is 0.611. The van der Waals surface area contributed by atoms with Crippen LogP contribution in [0.5, 0.6) is 0 Å². The second-order valence-corrected chi connectivity index (χ2v) is 7.11. The minimum absolute atomic E-state index is 0.177. The molecule has 1 aromatic rings. The molecule has 1 unspecified atom stereocenters. The van der Waals surface area contributed by atoms with E-state index in [2.05, 4.69) is 27.5 Å². The van der Waals surface area contributed by atoms with E-state index in [4.69, 9.17) is 31.8 Å². The molecule has 148 valence electrons. The van der Waals surface area contributed by atoms with E-state index in [0.717, 1.165) is 44.6 Å². The maximum atomic E-state index is 6.25. The van der Waals surface area contributed by atoms with E-state index in [-0.39, 0.29) is 12.1 Å². The number of aromatic nitrogens is 2. The largest absolute Gasteiger partial charge is 0.478 e. The highest BCUT2D eigenvalue weighted by Gasteiger charge is 2.19. The highest BCUT2D eigenvalue weighted by Crippen LogP contribution is 2.23. The second-order valence-electron chi connectivity index (χ2n) is 6.70. The third kappa shape index (κ3) is 5.23. The molecule has 1 saturated heterocycles. The van der Waals surface area contributed by atoms with Gasteiger partial charge in [0.2, 0.25) is 11.8 Å². The Morgan fingerprint density at radius 2 is 2.11 bits per heavy atom. The molecule has 0 aromatic carbocycles. The molecule has 1 aromatic heterocycles. The average Bonchev–Trinajstić information content (AvgIpc) is 2.69. The van der Waals surface area contributed by atoms with Gasteiger partial charge in [-0.3, -0.25) is 4.99 Å². The first-order chi connectivity index (χ1) is 13.1. The zero-order valence-electron chi connectivity index (χ0n) is 15.8. The number of halogens is 1. The molecule has 0 spiro atoms. The molecule has 9 heteroatoms. The summed E-state index contributed by atoms with van der Waals surface area (Å²) in [6.45, 7) is 5.95. The molecule has 8 nitrogen and oxygen atoms in total. The molecule has 0 aliphatic carbocycles. The van der Waals surface area contributed by atoms with E-state index in [1.807, 2.05) is 6.92 Å². The summed E-state index contributed by atoms with van der Waals surface area (Å²) in [5.41, 5.74) is 7.58. The Hall–Kier alpha value is -2.06. The number of nitrogens with one attached hydrogen (secondary N) is 2. The number of anilines is 2. The van der Waals surface area contributed by atoms with E-state index in [1.54, 1.807) is 6.20 Å². The molecule has 2 aliphatic rings. The summed E-state index contributed by atoms with van der Waals surface area (Å²) < 4.78 is 11.2.